The first-order valence-corrected chi connectivity index (χ1v) is 6.45. The smallest absolute Gasteiger partial charge is 0.351 e. The van der Waals surface area contributed by atoms with Gasteiger partial charge in [-0.05, 0) is 13.0 Å². The largest absolute Gasteiger partial charge is 0.463 e. The Hall–Kier alpha value is -1.54. The number of hydrogen-bond acceptors (Lipinski definition) is 7. The molecule has 0 radical (unpaired) electrons. The van der Waals surface area contributed by atoms with Gasteiger partial charge in [0.15, 0.2) is 0 Å². The summed E-state index contributed by atoms with van der Waals surface area (Å²) in [5, 5.41) is 0. The van der Waals surface area contributed by atoms with Gasteiger partial charge in [-0.2, -0.15) is 4.98 Å². The third kappa shape index (κ3) is 2.65. The van der Waals surface area contributed by atoms with Crippen molar-refractivity contribution in [3.8, 4) is 0 Å². The van der Waals surface area contributed by atoms with E-state index in [1.807, 2.05) is 0 Å². The third-order valence-electron chi connectivity index (χ3n) is 2.31. The molecule has 1 aromatic heterocycles. The van der Waals surface area contributed by atoms with Crippen molar-refractivity contribution in [3.05, 3.63) is 22.7 Å². The highest BCUT2D eigenvalue weighted by Gasteiger charge is 2.33. The molecule has 1 fully saturated rings. The molecular weight excluding hydrogens is 258 g/mol. The number of hydrogen-bond donors (Lipinski definition) is 1. The molecular formula is C10H13N3O4S. The van der Waals surface area contributed by atoms with E-state index in [0.29, 0.717) is 12.4 Å². The molecule has 7 nitrogen and oxygen atoms in total. The summed E-state index contributed by atoms with van der Waals surface area (Å²) in [6, 6.07) is 1.51. The zero-order chi connectivity index (χ0) is 13.1. The predicted molar refractivity (Wildman–Crippen MR) is 65.9 cm³/mol. The second kappa shape index (κ2) is 5.40. The van der Waals surface area contributed by atoms with Gasteiger partial charge in [-0.25, -0.2) is 9.59 Å². The lowest BCUT2D eigenvalue weighted by Gasteiger charge is -2.13. The molecule has 18 heavy (non-hydrogen) atoms. The van der Waals surface area contributed by atoms with Crippen molar-refractivity contribution < 1.29 is 14.3 Å². The summed E-state index contributed by atoms with van der Waals surface area (Å²) in [5.41, 5.74) is 4.21. The summed E-state index contributed by atoms with van der Waals surface area (Å²) in [7, 11) is 0. The Morgan fingerprint density at radius 1 is 1.78 bits per heavy atom. The van der Waals surface area contributed by atoms with Gasteiger partial charge in [0.05, 0.1) is 6.61 Å². The van der Waals surface area contributed by atoms with Crippen LogP contribution in [0.1, 0.15) is 13.2 Å². The Kier molecular flexibility index (Phi) is 3.87. The molecule has 8 heteroatoms. The van der Waals surface area contributed by atoms with Crippen LogP contribution >= 0.6 is 11.8 Å². The lowest BCUT2D eigenvalue weighted by atomic mass is 10.5. The van der Waals surface area contributed by atoms with Crippen molar-refractivity contribution in [1.29, 1.82) is 0 Å². The minimum absolute atomic E-state index is 0.156. The van der Waals surface area contributed by atoms with Gasteiger partial charge in [0, 0.05) is 11.9 Å². The molecule has 0 saturated carbocycles. The van der Waals surface area contributed by atoms with Gasteiger partial charge in [-0.1, -0.05) is 0 Å². The maximum absolute atomic E-state index is 11.6. The number of esters is 1. The zero-order valence-corrected chi connectivity index (χ0v) is 10.6. The Bertz CT molecular complexity index is 504. The molecule has 98 valence electrons. The molecule has 0 amide bonds. The number of nitrogens with two attached hydrogens (primary N) is 1. The fourth-order valence-corrected chi connectivity index (χ4v) is 2.51. The van der Waals surface area contributed by atoms with E-state index in [0.717, 1.165) is 0 Å². The van der Waals surface area contributed by atoms with Gasteiger partial charge in [0.25, 0.3) is 0 Å². The number of nitrogen functional groups attached to an aromatic ring is 1. The quantitative estimate of drug-likeness (QED) is 0.771. The molecule has 2 unspecified atom stereocenters. The highest BCUT2D eigenvalue weighted by molar-refractivity contribution is 8.00. The van der Waals surface area contributed by atoms with E-state index in [2.05, 4.69) is 4.98 Å². The summed E-state index contributed by atoms with van der Waals surface area (Å²) >= 11 is 1.29. The fraction of sp³-hybridized carbons (Fsp3) is 0.500. The summed E-state index contributed by atoms with van der Waals surface area (Å²) in [4.78, 5) is 26.7. The maximum Gasteiger partial charge on any atom is 0.351 e. The molecule has 1 aromatic rings. The Morgan fingerprint density at radius 3 is 3.22 bits per heavy atom. The van der Waals surface area contributed by atoms with Gasteiger partial charge < -0.3 is 15.2 Å². The molecule has 1 aliphatic heterocycles. The Morgan fingerprint density at radius 2 is 2.56 bits per heavy atom. The minimum Gasteiger partial charge on any atom is -0.463 e. The maximum atomic E-state index is 11.6. The summed E-state index contributed by atoms with van der Waals surface area (Å²) in [6.07, 6.45) is 0.980. The molecule has 0 bridgehead atoms. The topological polar surface area (TPSA) is 96.4 Å². The first-order chi connectivity index (χ1) is 8.61. The van der Waals surface area contributed by atoms with Crippen LogP contribution in [-0.4, -0.2) is 33.3 Å². The molecule has 1 saturated heterocycles. The van der Waals surface area contributed by atoms with E-state index in [9.17, 15) is 9.59 Å². The molecule has 1 aliphatic rings. The fourth-order valence-electron chi connectivity index (χ4n) is 1.52. The van der Waals surface area contributed by atoms with Gasteiger partial charge in [-0.3, -0.25) is 4.57 Å². The van der Waals surface area contributed by atoms with Crippen LogP contribution in [0.5, 0.6) is 0 Å². The average molecular weight is 271 g/mol. The van der Waals surface area contributed by atoms with Crippen molar-refractivity contribution >= 4 is 23.5 Å². The number of rotatable bonds is 3. The summed E-state index contributed by atoms with van der Waals surface area (Å²) in [5.74, 6) is 0.208. The summed E-state index contributed by atoms with van der Waals surface area (Å²) in [6.45, 7) is 2.02. The zero-order valence-electron chi connectivity index (χ0n) is 9.74. The standard InChI is InChI=1S/C10H13N3O4S/c1-2-16-8(14)9-17-7(5-18-9)13-4-3-6(11)12-10(13)15/h3-4,7,9H,2,5H2,1H3,(H2,11,12,15). The third-order valence-corrected chi connectivity index (χ3v) is 3.40. The molecule has 2 heterocycles. The predicted octanol–water partition coefficient (Wildman–Crippen LogP) is -0.0233. The van der Waals surface area contributed by atoms with Crippen LogP contribution in [0, 0.1) is 0 Å². The van der Waals surface area contributed by atoms with Crippen LogP contribution in [0.15, 0.2) is 17.1 Å². The molecule has 2 atom stereocenters. The van der Waals surface area contributed by atoms with Crippen molar-refractivity contribution in [2.24, 2.45) is 0 Å². The highest BCUT2D eigenvalue weighted by Crippen LogP contribution is 2.31. The molecule has 2 rings (SSSR count). The average Bonchev–Trinajstić information content (AvgIpc) is 2.78. The number of thioether (sulfide) groups is 1. The lowest BCUT2D eigenvalue weighted by Crippen LogP contribution is -2.29. The lowest BCUT2D eigenvalue weighted by molar-refractivity contribution is -0.153. The van der Waals surface area contributed by atoms with Crippen LogP contribution in [0.3, 0.4) is 0 Å². The Labute approximate surface area is 107 Å². The van der Waals surface area contributed by atoms with Crippen LogP contribution in [-0.2, 0) is 14.3 Å². The number of carbonyl (C=O) groups excluding carboxylic acids is 1. The monoisotopic (exact) mass is 271 g/mol. The second-order valence-corrected chi connectivity index (χ2v) is 4.65. The molecule has 2 N–H and O–H groups in total. The van der Waals surface area contributed by atoms with E-state index in [-0.39, 0.29) is 5.82 Å². The van der Waals surface area contributed by atoms with Crippen LogP contribution in [0.25, 0.3) is 0 Å². The van der Waals surface area contributed by atoms with Crippen LogP contribution in [0.2, 0.25) is 0 Å². The first-order valence-electron chi connectivity index (χ1n) is 5.40. The van der Waals surface area contributed by atoms with Gasteiger partial charge in [0.2, 0.25) is 5.44 Å². The normalized spacial score (nSPS) is 22.9. The van der Waals surface area contributed by atoms with Gasteiger partial charge in [0.1, 0.15) is 12.0 Å². The number of carbonyl (C=O) groups is 1. The highest BCUT2D eigenvalue weighted by atomic mass is 32.2. The van der Waals surface area contributed by atoms with E-state index in [1.54, 1.807) is 6.92 Å². The number of aromatic nitrogens is 2. The van der Waals surface area contributed by atoms with Crippen molar-refractivity contribution in [2.75, 3.05) is 18.1 Å². The van der Waals surface area contributed by atoms with E-state index in [4.69, 9.17) is 15.2 Å². The van der Waals surface area contributed by atoms with Crippen LogP contribution < -0.4 is 11.4 Å². The SMILES string of the molecule is CCOC(=O)C1OC(n2ccc(N)nc2=O)CS1. The minimum atomic E-state index is -0.695. The molecule has 0 aromatic carbocycles. The van der Waals surface area contributed by atoms with Crippen molar-refractivity contribution in [3.63, 3.8) is 0 Å². The first kappa shape index (κ1) is 12.9. The number of anilines is 1. The second-order valence-electron chi connectivity index (χ2n) is 3.55. The molecule has 0 spiro atoms. The Balaban J connectivity index is 2.09. The van der Waals surface area contributed by atoms with Gasteiger partial charge in [-0.15, -0.1) is 11.8 Å². The number of nitrogens with zero attached hydrogens (tertiary/aromatic N) is 2. The van der Waals surface area contributed by atoms with Crippen molar-refractivity contribution in [1.82, 2.24) is 9.55 Å². The van der Waals surface area contributed by atoms with Crippen LogP contribution in [0.4, 0.5) is 5.82 Å². The van der Waals surface area contributed by atoms with Crippen molar-refractivity contribution in [2.45, 2.75) is 18.6 Å². The van der Waals surface area contributed by atoms with E-state index < -0.39 is 23.3 Å². The van der Waals surface area contributed by atoms with E-state index >= 15 is 0 Å². The van der Waals surface area contributed by atoms with E-state index in [1.165, 1.54) is 28.6 Å². The number of ether oxygens (including phenoxy) is 2. The van der Waals surface area contributed by atoms with Gasteiger partial charge >= 0.3 is 11.7 Å². The molecule has 0 aliphatic carbocycles. The summed E-state index contributed by atoms with van der Waals surface area (Å²) < 4.78 is 11.6.